The predicted octanol–water partition coefficient (Wildman–Crippen LogP) is 2.12. The summed E-state index contributed by atoms with van der Waals surface area (Å²) < 4.78 is 0. The normalized spacial score (nSPS) is 16.1. The average Bonchev–Trinajstić information content (AvgIpc) is 2.16. The van der Waals surface area contributed by atoms with Crippen molar-refractivity contribution >= 4 is 11.5 Å². The molecule has 1 aliphatic rings. The molecule has 0 spiro atoms. The largest absolute Gasteiger partial charge is 0.343 e. The summed E-state index contributed by atoms with van der Waals surface area (Å²) in [6.45, 7) is 9.82. The second-order valence-electron chi connectivity index (χ2n) is 3.50. The molecule has 0 amide bonds. The summed E-state index contributed by atoms with van der Waals surface area (Å²) in [5.41, 5.74) is 1.19. The maximum Gasteiger partial charge on any atom is 0.183 e. The molecule has 3 heteroatoms. The summed E-state index contributed by atoms with van der Waals surface area (Å²) in [7, 11) is 0. The smallest absolute Gasteiger partial charge is 0.183 e. The van der Waals surface area contributed by atoms with E-state index in [9.17, 15) is 4.79 Å². The van der Waals surface area contributed by atoms with Crippen LogP contribution in [-0.2, 0) is 4.79 Å². The Morgan fingerprint density at radius 2 is 2.29 bits per heavy atom. The first-order valence-electron chi connectivity index (χ1n) is 4.83. The van der Waals surface area contributed by atoms with Gasteiger partial charge in [0.2, 0.25) is 0 Å². The van der Waals surface area contributed by atoms with Crippen LogP contribution in [0.2, 0.25) is 0 Å². The van der Waals surface area contributed by atoms with Gasteiger partial charge in [-0.25, -0.2) is 4.99 Å². The molecule has 0 aliphatic carbocycles. The molecule has 0 radical (unpaired) electrons. The Balaban J connectivity index is 2.91. The van der Waals surface area contributed by atoms with E-state index < -0.39 is 0 Å². The molecule has 0 bridgehead atoms. The molecule has 0 atom stereocenters. The Morgan fingerprint density at radius 3 is 2.79 bits per heavy atom. The van der Waals surface area contributed by atoms with Crippen LogP contribution < -0.4 is 0 Å². The summed E-state index contributed by atoms with van der Waals surface area (Å²) >= 11 is 0. The summed E-state index contributed by atoms with van der Waals surface area (Å²) in [4.78, 5) is 17.5. The molecule has 0 aromatic rings. The fourth-order valence-corrected chi connectivity index (χ4v) is 1.35. The van der Waals surface area contributed by atoms with Gasteiger partial charge in [-0.1, -0.05) is 13.5 Å². The molecule has 0 fully saturated rings. The third-order valence-corrected chi connectivity index (χ3v) is 2.16. The van der Waals surface area contributed by atoms with Crippen molar-refractivity contribution < 1.29 is 4.79 Å². The number of carbonyl (C=O) groups excluding carboxylic acids is 1. The lowest BCUT2D eigenvalue weighted by molar-refractivity contribution is -0.112. The molecule has 1 aliphatic heterocycles. The predicted molar refractivity (Wildman–Crippen MR) is 58.0 cm³/mol. The fourth-order valence-electron chi connectivity index (χ4n) is 1.35. The highest BCUT2D eigenvalue weighted by atomic mass is 16.1. The van der Waals surface area contributed by atoms with E-state index in [1.165, 1.54) is 0 Å². The highest BCUT2D eigenvalue weighted by molar-refractivity contribution is 6.46. The molecule has 0 unspecified atom stereocenters. The van der Waals surface area contributed by atoms with Crippen molar-refractivity contribution in [2.24, 2.45) is 4.99 Å². The van der Waals surface area contributed by atoms with Gasteiger partial charge in [-0.15, -0.1) is 0 Å². The molecule has 3 nitrogen and oxygen atoms in total. The first kappa shape index (κ1) is 10.7. The Kier molecular flexibility index (Phi) is 3.23. The summed E-state index contributed by atoms with van der Waals surface area (Å²) in [6.07, 6.45) is 3.97. The highest BCUT2D eigenvalue weighted by Crippen LogP contribution is 2.15. The number of rotatable bonds is 3. The lowest BCUT2D eigenvalue weighted by Crippen LogP contribution is -2.33. The van der Waals surface area contributed by atoms with Crippen LogP contribution in [0.4, 0.5) is 0 Å². The summed E-state index contributed by atoms with van der Waals surface area (Å²) in [5.74, 6) is 0.0463. The number of hydrogen-bond donors (Lipinski definition) is 0. The molecular weight excluding hydrogens is 176 g/mol. The Hall–Kier alpha value is -1.38. The number of aliphatic imine (C=N–C) groups is 1. The monoisotopic (exact) mass is 192 g/mol. The molecule has 0 aromatic carbocycles. The number of hydrogen-bond acceptors (Lipinski definition) is 3. The zero-order chi connectivity index (χ0) is 10.7. The van der Waals surface area contributed by atoms with E-state index in [4.69, 9.17) is 0 Å². The van der Waals surface area contributed by atoms with Crippen LogP contribution in [0.3, 0.4) is 0 Å². The molecule has 76 valence electrons. The molecule has 0 aromatic heterocycles. The standard InChI is InChI=1S/C11H16N2O/c1-5-10(14)11-9(4)13(8(2)3)7-6-12-11/h6-8H,4-5H2,1-3H3. The van der Waals surface area contributed by atoms with Crippen molar-refractivity contribution in [3.63, 3.8) is 0 Å². The van der Waals surface area contributed by atoms with Crippen LogP contribution in [0.5, 0.6) is 0 Å². The van der Waals surface area contributed by atoms with E-state index in [0.717, 1.165) is 0 Å². The molecular formula is C11H16N2O. The zero-order valence-corrected chi connectivity index (χ0v) is 8.95. The van der Waals surface area contributed by atoms with Crippen molar-refractivity contribution in [2.45, 2.75) is 33.2 Å². The number of nitrogens with zero attached hydrogens (tertiary/aromatic N) is 2. The van der Waals surface area contributed by atoms with Gasteiger partial charge in [-0.3, -0.25) is 4.79 Å². The number of Topliss-reactive ketones (excluding diaryl/α,β-unsaturated/α-hetero) is 1. The molecule has 14 heavy (non-hydrogen) atoms. The SMILES string of the molecule is C=C1C(C(=O)CC)=NC=CN1C(C)C. The first-order valence-corrected chi connectivity index (χ1v) is 4.83. The van der Waals surface area contributed by atoms with E-state index >= 15 is 0 Å². The van der Waals surface area contributed by atoms with Crippen molar-refractivity contribution in [2.75, 3.05) is 0 Å². The Bertz CT molecular complexity index is 313. The van der Waals surface area contributed by atoms with Gasteiger partial charge in [0.05, 0.1) is 5.70 Å². The van der Waals surface area contributed by atoms with E-state index in [1.54, 1.807) is 6.20 Å². The van der Waals surface area contributed by atoms with Crippen LogP contribution in [0.1, 0.15) is 27.2 Å². The van der Waals surface area contributed by atoms with Gasteiger partial charge in [0.15, 0.2) is 5.78 Å². The minimum atomic E-state index is 0.0463. The van der Waals surface area contributed by atoms with Gasteiger partial charge in [0.1, 0.15) is 5.71 Å². The van der Waals surface area contributed by atoms with Gasteiger partial charge < -0.3 is 4.90 Å². The van der Waals surface area contributed by atoms with E-state index in [0.29, 0.717) is 23.9 Å². The van der Waals surface area contributed by atoms with E-state index in [-0.39, 0.29) is 5.78 Å². The zero-order valence-electron chi connectivity index (χ0n) is 8.95. The molecule has 1 heterocycles. The minimum Gasteiger partial charge on any atom is -0.343 e. The van der Waals surface area contributed by atoms with Gasteiger partial charge >= 0.3 is 0 Å². The Morgan fingerprint density at radius 1 is 1.64 bits per heavy atom. The third-order valence-electron chi connectivity index (χ3n) is 2.16. The van der Waals surface area contributed by atoms with Crippen LogP contribution >= 0.6 is 0 Å². The number of allylic oxidation sites excluding steroid dienone is 1. The van der Waals surface area contributed by atoms with Crippen LogP contribution in [0, 0.1) is 0 Å². The van der Waals surface area contributed by atoms with Gasteiger partial charge in [-0.2, -0.15) is 0 Å². The van der Waals surface area contributed by atoms with E-state index in [2.05, 4.69) is 25.4 Å². The summed E-state index contributed by atoms with van der Waals surface area (Å²) in [6, 6.07) is 0.300. The van der Waals surface area contributed by atoms with E-state index in [1.807, 2.05) is 18.0 Å². The topological polar surface area (TPSA) is 32.7 Å². The second-order valence-corrected chi connectivity index (χ2v) is 3.50. The minimum absolute atomic E-state index is 0.0463. The van der Waals surface area contributed by atoms with Crippen LogP contribution in [-0.4, -0.2) is 22.4 Å². The molecule has 1 rings (SSSR count). The maximum atomic E-state index is 11.5. The maximum absolute atomic E-state index is 11.5. The molecule has 0 N–H and O–H groups in total. The third kappa shape index (κ3) is 1.92. The van der Waals surface area contributed by atoms with Crippen LogP contribution in [0.25, 0.3) is 0 Å². The Labute approximate surface area is 84.8 Å². The van der Waals surface area contributed by atoms with Gasteiger partial charge in [0.25, 0.3) is 0 Å². The van der Waals surface area contributed by atoms with Crippen LogP contribution in [0.15, 0.2) is 29.7 Å². The highest BCUT2D eigenvalue weighted by Gasteiger charge is 2.21. The number of carbonyl (C=O) groups is 1. The lowest BCUT2D eigenvalue weighted by atomic mass is 10.1. The van der Waals surface area contributed by atoms with Crippen molar-refractivity contribution in [3.8, 4) is 0 Å². The van der Waals surface area contributed by atoms with Crippen molar-refractivity contribution in [1.29, 1.82) is 0 Å². The quantitative estimate of drug-likeness (QED) is 0.686. The first-order chi connectivity index (χ1) is 6.57. The lowest BCUT2D eigenvalue weighted by Gasteiger charge is -2.29. The fraction of sp³-hybridized carbons (Fsp3) is 0.455. The van der Waals surface area contributed by atoms with Gasteiger partial charge in [0, 0.05) is 24.9 Å². The summed E-state index contributed by atoms with van der Waals surface area (Å²) in [5, 5.41) is 0. The second kappa shape index (κ2) is 4.22. The van der Waals surface area contributed by atoms with Gasteiger partial charge in [-0.05, 0) is 13.8 Å². The molecule has 0 saturated heterocycles. The average molecular weight is 192 g/mol. The van der Waals surface area contributed by atoms with Crippen molar-refractivity contribution in [1.82, 2.24) is 4.90 Å². The van der Waals surface area contributed by atoms with Crippen molar-refractivity contribution in [3.05, 3.63) is 24.7 Å². The number of ketones is 1. The molecule has 0 saturated carbocycles.